The van der Waals surface area contributed by atoms with Gasteiger partial charge in [0.15, 0.2) is 0 Å². The number of rotatable bonds is 5. The largest absolute Gasteiger partial charge is 0.316 e. The summed E-state index contributed by atoms with van der Waals surface area (Å²) in [5, 5.41) is 12.2. The molecule has 0 saturated heterocycles. The average molecular weight is 180 g/mol. The molecule has 2 nitrogen and oxygen atoms in total. The van der Waals surface area contributed by atoms with Crippen molar-refractivity contribution < 1.29 is 0 Å². The molecule has 0 aliphatic heterocycles. The van der Waals surface area contributed by atoms with Crippen LogP contribution in [-0.4, -0.2) is 13.1 Å². The lowest BCUT2D eigenvalue weighted by Gasteiger charge is -2.16. The van der Waals surface area contributed by atoms with Crippen LogP contribution in [0.2, 0.25) is 0 Å². The van der Waals surface area contributed by atoms with Gasteiger partial charge in [0, 0.05) is 6.54 Å². The van der Waals surface area contributed by atoms with E-state index in [9.17, 15) is 0 Å². The lowest BCUT2D eigenvalue weighted by atomic mass is 9.91. The van der Waals surface area contributed by atoms with Gasteiger partial charge < -0.3 is 5.32 Å². The van der Waals surface area contributed by atoms with Gasteiger partial charge in [-0.2, -0.15) is 5.26 Å². The quantitative estimate of drug-likeness (QED) is 0.659. The van der Waals surface area contributed by atoms with Crippen molar-refractivity contribution >= 4 is 0 Å². The van der Waals surface area contributed by atoms with Gasteiger partial charge in [0.1, 0.15) is 0 Å². The fourth-order valence-electron chi connectivity index (χ4n) is 1.24. The molecular weight excluding hydrogens is 160 g/mol. The van der Waals surface area contributed by atoms with E-state index in [1.54, 1.807) is 0 Å². The zero-order chi connectivity index (χ0) is 9.95. The van der Waals surface area contributed by atoms with E-state index in [2.05, 4.69) is 18.3 Å². The third kappa shape index (κ3) is 3.78. The SMILES string of the molecule is CC(C)(C#N)CCNCC1(C)CC1. The summed E-state index contributed by atoms with van der Waals surface area (Å²) in [6.07, 6.45) is 3.67. The number of hydrogen-bond donors (Lipinski definition) is 1. The summed E-state index contributed by atoms with van der Waals surface area (Å²) in [7, 11) is 0. The second-order valence-corrected chi connectivity index (χ2v) is 5.23. The minimum Gasteiger partial charge on any atom is -0.316 e. The molecule has 1 aliphatic carbocycles. The molecule has 74 valence electrons. The van der Waals surface area contributed by atoms with Gasteiger partial charge in [-0.15, -0.1) is 0 Å². The standard InChI is InChI=1S/C11H20N2/c1-10(2,8-12)6-7-13-9-11(3)4-5-11/h13H,4-7,9H2,1-3H3. The van der Waals surface area contributed by atoms with Crippen molar-refractivity contribution in [3.8, 4) is 6.07 Å². The molecule has 1 N–H and O–H groups in total. The Bertz CT molecular complexity index is 209. The molecule has 0 bridgehead atoms. The van der Waals surface area contributed by atoms with Crippen LogP contribution < -0.4 is 5.32 Å². The molecule has 0 aromatic rings. The van der Waals surface area contributed by atoms with E-state index in [1.807, 2.05) is 13.8 Å². The van der Waals surface area contributed by atoms with Crippen LogP contribution in [0.1, 0.15) is 40.0 Å². The first-order chi connectivity index (χ1) is 5.97. The van der Waals surface area contributed by atoms with E-state index in [0.717, 1.165) is 19.5 Å². The zero-order valence-corrected chi connectivity index (χ0v) is 8.98. The Hall–Kier alpha value is -0.550. The van der Waals surface area contributed by atoms with E-state index in [-0.39, 0.29) is 5.41 Å². The van der Waals surface area contributed by atoms with Crippen LogP contribution in [0.5, 0.6) is 0 Å². The Kier molecular flexibility index (Phi) is 2.98. The van der Waals surface area contributed by atoms with Crippen molar-refractivity contribution in [3.05, 3.63) is 0 Å². The van der Waals surface area contributed by atoms with Gasteiger partial charge in [-0.3, -0.25) is 0 Å². The summed E-state index contributed by atoms with van der Waals surface area (Å²) in [5.74, 6) is 0. The van der Waals surface area contributed by atoms with Crippen LogP contribution in [0, 0.1) is 22.2 Å². The maximum atomic E-state index is 8.79. The summed E-state index contributed by atoms with van der Waals surface area (Å²) >= 11 is 0. The molecular formula is C11H20N2. The minimum absolute atomic E-state index is 0.169. The zero-order valence-electron chi connectivity index (χ0n) is 8.98. The van der Waals surface area contributed by atoms with Crippen molar-refractivity contribution in [2.75, 3.05) is 13.1 Å². The Morgan fingerprint density at radius 1 is 1.46 bits per heavy atom. The Morgan fingerprint density at radius 2 is 2.08 bits per heavy atom. The lowest BCUT2D eigenvalue weighted by molar-refractivity contribution is 0.411. The van der Waals surface area contributed by atoms with E-state index in [4.69, 9.17) is 5.26 Å². The topological polar surface area (TPSA) is 35.8 Å². The predicted octanol–water partition coefficient (Wildman–Crippen LogP) is 2.32. The summed E-state index contributed by atoms with van der Waals surface area (Å²) in [5.41, 5.74) is 0.411. The van der Waals surface area contributed by atoms with Crippen molar-refractivity contribution in [2.45, 2.75) is 40.0 Å². The first kappa shape index (κ1) is 10.5. The molecule has 0 spiro atoms. The van der Waals surface area contributed by atoms with Gasteiger partial charge in [0.25, 0.3) is 0 Å². The van der Waals surface area contributed by atoms with Crippen LogP contribution in [0.15, 0.2) is 0 Å². The molecule has 1 rings (SSSR count). The average Bonchev–Trinajstić information content (AvgIpc) is 2.79. The Morgan fingerprint density at radius 3 is 2.54 bits per heavy atom. The van der Waals surface area contributed by atoms with E-state index in [0.29, 0.717) is 5.41 Å². The van der Waals surface area contributed by atoms with Crippen LogP contribution in [0.25, 0.3) is 0 Å². The highest BCUT2D eigenvalue weighted by Gasteiger charge is 2.36. The summed E-state index contributed by atoms with van der Waals surface area (Å²) in [6.45, 7) is 8.39. The number of nitrogens with zero attached hydrogens (tertiary/aromatic N) is 1. The Labute approximate surface area is 81.3 Å². The van der Waals surface area contributed by atoms with Crippen molar-refractivity contribution in [3.63, 3.8) is 0 Å². The van der Waals surface area contributed by atoms with Crippen LogP contribution in [-0.2, 0) is 0 Å². The normalized spacial score (nSPS) is 19.5. The molecule has 1 fully saturated rings. The fraction of sp³-hybridized carbons (Fsp3) is 0.909. The first-order valence-electron chi connectivity index (χ1n) is 5.09. The number of nitriles is 1. The molecule has 0 radical (unpaired) electrons. The van der Waals surface area contributed by atoms with E-state index >= 15 is 0 Å². The highest BCUT2D eigenvalue weighted by Crippen LogP contribution is 2.44. The molecule has 13 heavy (non-hydrogen) atoms. The van der Waals surface area contributed by atoms with E-state index in [1.165, 1.54) is 12.8 Å². The second-order valence-electron chi connectivity index (χ2n) is 5.23. The van der Waals surface area contributed by atoms with Crippen LogP contribution in [0.4, 0.5) is 0 Å². The third-order valence-corrected chi connectivity index (χ3v) is 2.88. The molecule has 0 amide bonds. The summed E-state index contributed by atoms with van der Waals surface area (Å²) < 4.78 is 0. The van der Waals surface area contributed by atoms with Crippen molar-refractivity contribution in [1.29, 1.82) is 5.26 Å². The first-order valence-corrected chi connectivity index (χ1v) is 5.09. The van der Waals surface area contributed by atoms with Crippen LogP contribution in [0.3, 0.4) is 0 Å². The molecule has 0 heterocycles. The van der Waals surface area contributed by atoms with Crippen molar-refractivity contribution in [1.82, 2.24) is 5.32 Å². The van der Waals surface area contributed by atoms with Gasteiger partial charge in [-0.1, -0.05) is 6.92 Å². The lowest BCUT2D eigenvalue weighted by Crippen LogP contribution is -2.26. The number of hydrogen-bond acceptors (Lipinski definition) is 2. The van der Waals surface area contributed by atoms with Crippen molar-refractivity contribution in [2.24, 2.45) is 10.8 Å². The predicted molar refractivity (Wildman–Crippen MR) is 54.2 cm³/mol. The maximum Gasteiger partial charge on any atom is 0.0684 e. The third-order valence-electron chi connectivity index (χ3n) is 2.88. The van der Waals surface area contributed by atoms with Gasteiger partial charge in [0.05, 0.1) is 11.5 Å². The Balaban J connectivity index is 2.05. The molecule has 1 saturated carbocycles. The van der Waals surface area contributed by atoms with Gasteiger partial charge in [0.2, 0.25) is 0 Å². The van der Waals surface area contributed by atoms with E-state index < -0.39 is 0 Å². The van der Waals surface area contributed by atoms with Crippen LogP contribution >= 0.6 is 0 Å². The highest BCUT2D eigenvalue weighted by atomic mass is 14.9. The highest BCUT2D eigenvalue weighted by molar-refractivity contribution is 4.93. The fourth-order valence-corrected chi connectivity index (χ4v) is 1.24. The summed E-state index contributed by atoms with van der Waals surface area (Å²) in [4.78, 5) is 0. The number of nitrogens with one attached hydrogen (secondary N) is 1. The molecule has 0 atom stereocenters. The molecule has 0 aromatic carbocycles. The molecule has 1 aliphatic rings. The molecule has 0 aromatic heterocycles. The second kappa shape index (κ2) is 3.67. The summed E-state index contributed by atoms with van der Waals surface area (Å²) in [6, 6.07) is 2.31. The smallest absolute Gasteiger partial charge is 0.0684 e. The minimum atomic E-state index is -0.169. The monoisotopic (exact) mass is 180 g/mol. The molecule has 0 unspecified atom stereocenters. The van der Waals surface area contributed by atoms with Gasteiger partial charge in [-0.25, -0.2) is 0 Å². The van der Waals surface area contributed by atoms with Gasteiger partial charge >= 0.3 is 0 Å². The molecule has 2 heteroatoms. The van der Waals surface area contributed by atoms with Gasteiger partial charge in [-0.05, 0) is 45.1 Å². The maximum absolute atomic E-state index is 8.79.